The third-order valence-electron chi connectivity index (χ3n) is 15.7. The Hall–Kier alpha value is -1.42. The van der Waals surface area contributed by atoms with Gasteiger partial charge in [0.25, 0.3) is 0 Å². The molecular weight excluding hydrogens is 879 g/mol. The minimum atomic E-state index is -0.392. The molecule has 1 atom stereocenters. The van der Waals surface area contributed by atoms with E-state index < -0.39 is 6.10 Å². The summed E-state index contributed by atoms with van der Waals surface area (Å²) in [5.74, 6) is 0.624. The molecule has 0 aromatic carbocycles. The van der Waals surface area contributed by atoms with E-state index in [0.717, 1.165) is 57.8 Å². The van der Waals surface area contributed by atoms with Gasteiger partial charge in [-0.3, -0.25) is 9.59 Å². The van der Waals surface area contributed by atoms with E-state index in [1.165, 1.54) is 308 Å². The summed E-state index contributed by atoms with van der Waals surface area (Å²) in [5, 5.41) is 13.3. The first-order chi connectivity index (χ1) is 35.6. The summed E-state index contributed by atoms with van der Waals surface area (Å²) in [6.07, 6.45) is 84.2. The highest BCUT2D eigenvalue weighted by Gasteiger charge is 2.08. The minimum Gasteiger partial charge on any atom is -0.391 e. The number of nitrogens with one attached hydrogen (secondary N) is 1. The van der Waals surface area contributed by atoms with Crippen LogP contribution < -0.4 is 5.32 Å². The number of unbranched alkanes of at least 4 members (excludes halogenated alkanes) is 49. The van der Waals surface area contributed by atoms with Crippen LogP contribution in [0.1, 0.15) is 386 Å². The quantitative estimate of drug-likeness (QED) is 0.0471. The molecule has 0 bridgehead atoms. The summed E-state index contributed by atoms with van der Waals surface area (Å²) >= 11 is 0. The second-order valence-electron chi connectivity index (χ2n) is 23.1. The lowest BCUT2D eigenvalue weighted by molar-refractivity contribution is -0.121. The first-order valence-electron chi connectivity index (χ1n) is 33.4. The van der Waals surface area contributed by atoms with Crippen LogP contribution in [0.2, 0.25) is 0 Å². The maximum atomic E-state index is 12.3. The predicted molar refractivity (Wildman–Crippen MR) is 321 cm³/mol. The molecule has 0 aromatic heterocycles. The second-order valence-corrected chi connectivity index (χ2v) is 23.1. The maximum absolute atomic E-state index is 12.3. The fourth-order valence-corrected chi connectivity index (χ4v) is 10.6. The molecule has 1 amide bonds. The van der Waals surface area contributed by atoms with Crippen molar-refractivity contribution >= 4 is 11.7 Å². The van der Waals surface area contributed by atoms with Gasteiger partial charge in [-0.2, -0.15) is 0 Å². The van der Waals surface area contributed by atoms with Crippen LogP contribution in [0.15, 0.2) is 24.3 Å². The van der Waals surface area contributed by atoms with Crippen molar-refractivity contribution in [3.05, 3.63) is 24.3 Å². The lowest BCUT2D eigenvalue weighted by atomic mass is 10.0. The number of amides is 1. The highest BCUT2D eigenvalue weighted by molar-refractivity contribution is 5.78. The number of rotatable bonds is 63. The normalized spacial score (nSPS) is 12.3. The molecule has 0 saturated carbocycles. The van der Waals surface area contributed by atoms with Gasteiger partial charge in [0.05, 0.1) is 6.10 Å². The standard InChI is InChI=1S/C68H131NO3/c1-3-5-7-9-11-13-15-17-19-34-39-43-47-51-55-59-63-67(71)65-69-68(72)64-60-56-52-48-44-40-36-32-30-28-26-24-22-20-21-23-25-27-29-31-35-38-42-46-50-54-58-62-66(70)61-57-53-49-45-41-37-33-18-16-14-12-10-8-6-4-2/h12,14,18,33,67,71H,3-11,13,15-17,19-32,34-65H2,1-2H3,(H,69,72)/b14-12-,33-18-. The monoisotopic (exact) mass is 1010 g/mol. The van der Waals surface area contributed by atoms with Crippen molar-refractivity contribution in [1.82, 2.24) is 5.32 Å². The molecule has 0 radical (unpaired) electrons. The van der Waals surface area contributed by atoms with Crippen molar-refractivity contribution in [2.75, 3.05) is 6.54 Å². The Balaban J connectivity index is 3.25. The van der Waals surface area contributed by atoms with E-state index in [0.29, 0.717) is 18.7 Å². The number of carbonyl (C=O) groups is 2. The van der Waals surface area contributed by atoms with E-state index in [4.69, 9.17) is 0 Å². The summed E-state index contributed by atoms with van der Waals surface area (Å²) < 4.78 is 0. The number of hydrogen-bond acceptors (Lipinski definition) is 3. The van der Waals surface area contributed by atoms with Crippen LogP contribution in [0, 0.1) is 0 Å². The third-order valence-corrected chi connectivity index (χ3v) is 15.7. The Morgan fingerprint density at radius 3 is 0.903 bits per heavy atom. The van der Waals surface area contributed by atoms with Crippen LogP contribution in [0.4, 0.5) is 0 Å². The van der Waals surface area contributed by atoms with Gasteiger partial charge in [-0.15, -0.1) is 0 Å². The molecular formula is C68H131NO3. The Kier molecular flexibility index (Phi) is 62.6. The summed E-state index contributed by atoms with van der Waals surface area (Å²) in [4.78, 5) is 24.5. The molecule has 0 aliphatic rings. The van der Waals surface area contributed by atoms with Gasteiger partial charge in [-0.1, -0.05) is 334 Å². The van der Waals surface area contributed by atoms with Crippen LogP contribution in [0.5, 0.6) is 0 Å². The van der Waals surface area contributed by atoms with Crippen molar-refractivity contribution in [3.8, 4) is 0 Å². The lowest BCUT2D eigenvalue weighted by Gasteiger charge is -2.12. The molecule has 426 valence electrons. The van der Waals surface area contributed by atoms with Gasteiger partial charge < -0.3 is 10.4 Å². The Bertz CT molecular complexity index is 1100. The zero-order valence-corrected chi connectivity index (χ0v) is 49.4. The molecule has 4 nitrogen and oxygen atoms in total. The van der Waals surface area contributed by atoms with Gasteiger partial charge in [0.1, 0.15) is 5.78 Å². The zero-order chi connectivity index (χ0) is 52.0. The summed E-state index contributed by atoms with van der Waals surface area (Å²) in [6.45, 7) is 4.97. The Morgan fingerprint density at radius 1 is 0.319 bits per heavy atom. The number of carbonyl (C=O) groups excluding carboxylic acids is 2. The number of ketones is 1. The van der Waals surface area contributed by atoms with Crippen LogP contribution in [-0.2, 0) is 9.59 Å². The van der Waals surface area contributed by atoms with Crippen LogP contribution >= 0.6 is 0 Å². The van der Waals surface area contributed by atoms with Gasteiger partial charge in [0.15, 0.2) is 0 Å². The van der Waals surface area contributed by atoms with Crippen molar-refractivity contribution in [1.29, 1.82) is 0 Å². The molecule has 0 aliphatic carbocycles. The average molecular weight is 1010 g/mol. The Morgan fingerprint density at radius 2 is 0.569 bits per heavy atom. The van der Waals surface area contributed by atoms with E-state index in [9.17, 15) is 14.7 Å². The van der Waals surface area contributed by atoms with Crippen LogP contribution in [0.25, 0.3) is 0 Å². The Labute approximate surface area is 452 Å². The van der Waals surface area contributed by atoms with Gasteiger partial charge >= 0.3 is 0 Å². The van der Waals surface area contributed by atoms with Gasteiger partial charge in [0, 0.05) is 25.8 Å². The molecule has 72 heavy (non-hydrogen) atoms. The molecule has 0 spiro atoms. The van der Waals surface area contributed by atoms with Crippen molar-refractivity contribution < 1.29 is 14.7 Å². The molecule has 0 saturated heterocycles. The molecule has 4 heteroatoms. The third kappa shape index (κ3) is 62.9. The van der Waals surface area contributed by atoms with E-state index in [1.807, 2.05) is 0 Å². The average Bonchev–Trinajstić information content (AvgIpc) is 3.38. The molecule has 2 N–H and O–H groups in total. The fraction of sp³-hybridized carbons (Fsp3) is 0.912. The highest BCUT2D eigenvalue weighted by Crippen LogP contribution is 2.19. The van der Waals surface area contributed by atoms with Gasteiger partial charge in [-0.25, -0.2) is 0 Å². The molecule has 1 unspecified atom stereocenters. The van der Waals surface area contributed by atoms with Crippen LogP contribution in [0.3, 0.4) is 0 Å². The predicted octanol–water partition coefficient (Wildman–Crippen LogP) is 22.8. The summed E-state index contributed by atoms with van der Waals surface area (Å²) in [5.41, 5.74) is 0. The summed E-state index contributed by atoms with van der Waals surface area (Å²) in [7, 11) is 0. The maximum Gasteiger partial charge on any atom is 0.220 e. The molecule has 0 heterocycles. The number of aliphatic hydroxyl groups excluding tert-OH is 1. The lowest BCUT2D eigenvalue weighted by Crippen LogP contribution is -2.31. The van der Waals surface area contributed by atoms with Crippen molar-refractivity contribution in [2.24, 2.45) is 0 Å². The smallest absolute Gasteiger partial charge is 0.220 e. The first kappa shape index (κ1) is 70.6. The van der Waals surface area contributed by atoms with Crippen LogP contribution in [-0.4, -0.2) is 29.4 Å². The minimum absolute atomic E-state index is 0.117. The number of hydrogen-bond donors (Lipinski definition) is 2. The number of aliphatic hydroxyl groups is 1. The molecule has 0 aromatic rings. The topological polar surface area (TPSA) is 66.4 Å². The SMILES string of the molecule is CCCCC/C=C\C/C=C\CCCCCCCC(=O)CCCCCCCCCCCCCCCCCCCCCCCCCCCCCC(=O)NCC(O)CCCCCCCCCCCCCCCCCC. The van der Waals surface area contributed by atoms with E-state index in [-0.39, 0.29) is 5.91 Å². The van der Waals surface area contributed by atoms with Gasteiger partial charge in [-0.05, 0) is 57.8 Å². The molecule has 0 fully saturated rings. The zero-order valence-electron chi connectivity index (χ0n) is 49.4. The number of allylic oxidation sites excluding steroid dienone is 4. The largest absolute Gasteiger partial charge is 0.391 e. The fourth-order valence-electron chi connectivity index (χ4n) is 10.6. The summed E-state index contributed by atoms with van der Waals surface area (Å²) in [6, 6.07) is 0. The van der Waals surface area contributed by atoms with E-state index in [1.54, 1.807) is 0 Å². The molecule has 0 aliphatic heterocycles. The van der Waals surface area contributed by atoms with Crippen molar-refractivity contribution in [2.45, 2.75) is 392 Å². The molecule has 0 rings (SSSR count). The van der Waals surface area contributed by atoms with Gasteiger partial charge in [0.2, 0.25) is 5.91 Å². The highest BCUT2D eigenvalue weighted by atomic mass is 16.3. The first-order valence-corrected chi connectivity index (χ1v) is 33.4. The van der Waals surface area contributed by atoms with E-state index in [2.05, 4.69) is 43.5 Å². The van der Waals surface area contributed by atoms with Crippen molar-refractivity contribution in [3.63, 3.8) is 0 Å². The number of Topliss-reactive ketones (excluding diaryl/α,β-unsaturated/α-hetero) is 1. The second kappa shape index (κ2) is 63.9. The van der Waals surface area contributed by atoms with E-state index >= 15 is 0 Å².